The van der Waals surface area contributed by atoms with Crippen LogP contribution in [0.2, 0.25) is 0 Å². The van der Waals surface area contributed by atoms with Crippen LogP contribution in [0, 0.1) is 17.0 Å². The molecule has 0 fully saturated rings. The molecule has 0 bridgehead atoms. The van der Waals surface area contributed by atoms with Gasteiger partial charge in [-0.1, -0.05) is 24.3 Å². The Labute approximate surface area is 87.2 Å². The van der Waals surface area contributed by atoms with Crippen LogP contribution < -0.4 is 0 Å². The Hall–Kier alpha value is -1.35. The maximum absolute atomic E-state index is 10.5. The van der Waals surface area contributed by atoms with E-state index in [4.69, 9.17) is 11.6 Å². The van der Waals surface area contributed by atoms with E-state index in [1.165, 1.54) is 6.08 Å². The Kier molecular flexibility index (Phi) is 3.65. The molecule has 0 aliphatic rings. The Morgan fingerprint density at radius 1 is 1.57 bits per heavy atom. The zero-order valence-corrected chi connectivity index (χ0v) is 8.49. The Balaban J connectivity index is 3.07. The molecule has 1 rings (SSSR count). The van der Waals surface area contributed by atoms with Crippen LogP contribution in [0.5, 0.6) is 0 Å². The van der Waals surface area contributed by atoms with Crippen molar-refractivity contribution >= 4 is 17.7 Å². The molecule has 0 N–H and O–H groups in total. The largest absolute Gasteiger partial charge is 0.261 e. The summed E-state index contributed by atoms with van der Waals surface area (Å²) < 4.78 is 0. The second-order valence-corrected chi connectivity index (χ2v) is 3.15. The summed E-state index contributed by atoms with van der Waals surface area (Å²) in [5, 5.41) is 10.5. The molecule has 0 saturated carbocycles. The number of hydrogen-bond acceptors (Lipinski definition) is 2. The molecule has 14 heavy (non-hydrogen) atoms. The van der Waals surface area contributed by atoms with E-state index in [0.717, 1.165) is 11.1 Å². The monoisotopic (exact) mass is 211 g/mol. The minimum absolute atomic E-state index is 0.0148. The van der Waals surface area contributed by atoms with E-state index in [1.807, 2.05) is 31.2 Å². The first-order chi connectivity index (χ1) is 6.65. The standard InChI is InChI=1S/C10H10ClNO2/c1-8-4-2-3-5-9(8)6-10(7-11)12(13)14/h2-6H,7H2,1H3/b10-6+. The van der Waals surface area contributed by atoms with Gasteiger partial charge in [0.1, 0.15) is 5.88 Å². The number of halogens is 1. The van der Waals surface area contributed by atoms with E-state index >= 15 is 0 Å². The number of nitrogens with zero attached hydrogens (tertiary/aromatic N) is 1. The molecule has 74 valence electrons. The van der Waals surface area contributed by atoms with Crippen LogP contribution in [-0.4, -0.2) is 10.8 Å². The van der Waals surface area contributed by atoms with E-state index < -0.39 is 4.92 Å². The fraction of sp³-hybridized carbons (Fsp3) is 0.200. The molecule has 0 amide bonds. The summed E-state index contributed by atoms with van der Waals surface area (Å²) in [6.45, 7) is 1.90. The number of allylic oxidation sites excluding steroid dienone is 1. The number of aryl methyl sites for hydroxylation is 1. The van der Waals surface area contributed by atoms with Crippen molar-refractivity contribution in [3.63, 3.8) is 0 Å². The molecule has 3 nitrogen and oxygen atoms in total. The maximum atomic E-state index is 10.5. The lowest BCUT2D eigenvalue weighted by Crippen LogP contribution is -1.99. The highest BCUT2D eigenvalue weighted by atomic mass is 35.5. The summed E-state index contributed by atoms with van der Waals surface area (Å²) >= 11 is 5.45. The lowest BCUT2D eigenvalue weighted by Gasteiger charge is -1.98. The minimum atomic E-state index is -0.459. The van der Waals surface area contributed by atoms with Gasteiger partial charge in [0.2, 0.25) is 0 Å². The van der Waals surface area contributed by atoms with Crippen molar-refractivity contribution in [2.45, 2.75) is 6.92 Å². The summed E-state index contributed by atoms with van der Waals surface area (Å²) in [6, 6.07) is 7.45. The van der Waals surface area contributed by atoms with E-state index in [0.29, 0.717) is 0 Å². The number of hydrogen-bond donors (Lipinski definition) is 0. The van der Waals surface area contributed by atoms with Gasteiger partial charge in [-0.25, -0.2) is 0 Å². The summed E-state index contributed by atoms with van der Waals surface area (Å²) in [4.78, 5) is 10.0. The molecular formula is C10H10ClNO2. The van der Waals surface area contributed by atoms with Crippen LogP contribution in [-0.2, 0) is 0 Å². The predicted molar refractivity (Wildman–Crippen MR) is 56.9 cm³/mol. The van der Waals surface area contributed by atoms with Gasteiger partial charge < -0.3 is 0 Å². The molecule has 0 aromatic heterocycles. The first kappa shape index (κ1) is 10.7. The lowest BCUT2D eigenvalue weighted by atomic mass is 10.1. The lowest BCUT2D eigenvalue weighted by molar-refractivity contribution is -0.422. The molecule has 0 heterocycles. The molecule has 0 saturated heterocycles. The van der Waals surface area contributed by atoms with Gasteiger partial charge >= 0.3 is 0 Å². The fourth-order valence-electron chi connectivity index (χ4n) is 1.07. The Morgan fingerprint density at radius 2 is 2.21 bits per heavy atom. The van der Waals surface area contributed by atoms with E-state index in [1.54, 1.807) is 0 Å². The molecule has 1 aromatic rings. The van der Waals surface area contributed by atoms with E-state index in [2.05, 4.69) is 0 Å². The third kappa shape index (κ3) is 2.57. The Bertz CT molecular complexity index is 374. The van der Waals surface area contributed by atoms with Crippen LogP contribution in [0.25, 0.3) is 6.08 Å². The van der Waals surface area contributed by atoms with Gasteiger partial charge in [-0.3, -0.25) is 10.1 Å². The first-order valence-electron chi connectivity index (χ1n) is 4.11. The second kappa shape index (κ2) is 4.77. The van der Waals surface area contributed by atoms with Gasteiger partial charge in [0.25, 0.3) is 5.70 Å². The van der Waals surface area contributed by atoms with Crippen molar-refractivity contribution in [1.29, 1.82) is 0 Å². The van der Waals surface area contributed by atoms with E-state index in [-0.39, 0.29) is 11.6 Å². The van der Waals surface area contributed by atoms with Gasteiger partial charge in [-0.15, -0.1) is 11.6 Å². The molecule has 0 radical (unpaired) electrons. The van der Waals surface area contributed by atoms with Crippen LogP contribution in [0.4, 0.5) is 0 Å². The molecule has 0 unspecified atom stereocenters. The molecular weight excluding hydrogens is 202 g/mol. The second-order valence-electron chi connectivity index (χ2n) is 2.88. The van der Waals surface area contributed by atoms with Gasteiger partial charge in [0.05, 0.1) is 4.92 Å². The number of benzene rings is 1. The van der Waals surface area contributed by atoms with Crippen LogP contribution in [0.15, 0.2) is 30.0 Å². The summed E-state index contributed by atoms with van der Waals surface area (Å²) in [5.74, 6) is -0.0820. The fourth-order valence-corrected chi connectivity index (χ4v) is 1.24. The van der Waals surface area contributed by atoms with E-state index in [9.17, 15) is 10.1 Å². The molecule has 0 atom stereocenters. The number of alkyl halides is 1. The van der Waals surface area contributed by atoms with Crippen molar-refractivity contribution < 1.29 is 4.92 Å². The van der Waals surface area contributed by atoms with Crippen molar-refractivity contribution in [2.75, 3.05) is 5.88 Å². The quantitative estimate of drug-likeness (QED) is 0.438. The molecule has 0 aliphatic heterocycles. The average molecular weight is 212 g/mol. The highest BCUT2D eigenvalue weighted by molar-refractivity contribution is 6.19. The SMILES string of the molecule is Cc1ccccc1/C=C(\CCl)[N+](=O)[O-]. The van der Waals surface area contributed by atoms with Gasteiger partial charge in [-0.2, -0.15) is 0 Å². The average Bonchev–Trinajstić information content (AvgIpc) is 2.16. The zero-order chi connectivity index (χ0) is 10.6. The van der Waals surface area contributed by atoms with Crippen molar-refractivity contribution in [1.82, 2.24) is 0 Å². The zero-order valence-electron chi connectivity index (χ0n) is 7.74. The van der Waals surface area contributed by atoms with Gasteiger partial charge in [0, 0.05) is 6.08 Å². The van der Waals surface area contributed by atoms with Gasteiger partial charge in [0.15, 0.2) is 0 Å². The van der Waals surface area contributed by atoms with Crippen molar-refractivity contribution in [2.24, 2.45) is 0 Å². The molecule has 0 aliphatic carbocycles. The van der Waals surface area contributed by atoms with Crippen molar-refractivity contribution in [3.8, 4) is 0 Å². The molecule has 4 heteroatoms. The highest BCUT2D eigenvalue weighted by Gasteiger charge is 2.08. The van der Waals surface area contributed by atoms with Gasteiger partial charge in [-0.05, 0) is 18.1 Å². The van der Waals surface area contributed by atoms with Crippen molar-refractivity contribution in [3.05, 3.63) is 51.2 Å². The highest BCUT2D eigenvalue weighted by Crippen LogP contribution is 2.12. The summed E-state index contributed by atoms with van der Waals surface area (Å²) in [5.41, 5.74) is 1.85. The van der Waals surface area contributed by atoms with Crippen LogP contribution in [0.3, 0.4) is 0 Å². The first-order valence-corrected chi connectivity index (χ1v) is 4.65. The predicted octanol–water partition coefficient (Wildman–Crippen LogP) is 2.85. The van der Waals surface area contributed by atoms with Crippen LogP contribution >= 0.6 is 11.6 Å². The summed E-state index contributed by atoms with van der Waals surface area (Å²) in [6.07, 6.45) is 1.50. The third-order valence-electron chi connectivity index (χ3n) is 1.88. The smallest absolute Gasteiger partial charge is 0.259 e. The summed E-state index contributed by atoms with van der Waals surface area (Å²) in [7, 11) is 0. The number of nitro groups is 1. The normalized spacial score (nSPS) is 11.4. The minimum Gasteiger partial charge on any atom is -0.259 e. The third-order valence-corrected chi connectivity index (χ3v) is 2.16. The Morgan fingerprint density at radius 3 is 2.71 bits per heavy atom. The molecule has 1 aromatic carbocycles. The topological polar surface area (TPSA) is 43.1 Å². The maximum Gasteiger partial charge on any atom is 0.261 e. The molecule has 0 spiro atoms. The van der Waals surface area contributed by atoms with Crippen LogP contribution in [0.1, 0.15) is 11.1 Å². The number of rotatable bonds is 3.